The zero-order valence-electron chi connectivity index (χ0n) is 17.6. The number of hydrogen-bond acceptors (Lipinski definition) is 3. The minimum atomic E-state index is -0.497. The molecule has 1 fully saturated rings. The second kappa shape index (κ2) is 9.11. The van der Waals surface area contributed by atoms with Crippen LogP contribution in [0.2, 0.25) is 0 Å². The Morgan fingerprint density at radius 3 is 2.52 bits per heavy atom. The van der Waals surface area contributed by atoms with Crippen molar-refractivity contribution in [3.63, 3.8) is 0 Å². The number of nitrogens with zero attached hydrogens (tertiary/aromatic N) is 2. The Morgan fingerprint density at radius 2 is 2.00 bits per heavy atom. The van der Waals surface area contributed by atoms with Crippen LogP contribution >= 0.6 is 0 Å². The maximum absolute atomic E-state index is 12.7. The van der Waals surface area contributed by atoms with Crippen molar-refractivity contribution in [1.82, 2.24) is 10.6 Å². The van der Waals surface area contributed by atoms with Gasteiger partial charge in [-0.05, 0) is 64.2 Å². The number of carbonyl (C=O) groups is 1. The summed E-state index contributed by atoms with van der Waals surface area (Å²) in [4.78, 5) is 18.7. The van der Waals surface area contributed by atoms with E-state index in [1.165, 1.54) is 0 Å². The van der Waals surface area contributed by atoms with Crippen molar-refractivity contribution in [1.29, 1.82) is 0 Å². The van der Waals surface area contributed by atoms with Gasteiger partial charge in [0.2, 0.25) is 0 Å². The SMILES string of the molecule is CCCNC(=NC)NCc1ccc(N(C(=O)OC(C)(C)C)C2CC2)c(C)c1. The van der Waals surface area contributed by atoms with E-state index in [1.807, 2.05) is 38.7 Å². The summed E-state index contributed by atoms with van der Waals surface area (Å²) in [6.07, 6.45) is 2.85. The summed E-state index contributed by atoms with van der Waals surface area (Å²) in [6.45, 7) is 11.4. The molecule has 1 saturated carbocycles. The van der Waals surface area contributed by atoms with E-state index in [4.69, 9.17) is 4.74 Å². The van der Waals surface area contributed by atoms with E-state index < -0.39 is 5.60 Å². The molecule has 1 aliphatic carbocycles. The molecule has 6 nitrogen and oxygen atoms in total. The van der Waals surface area contributed by atoms with Crippen molar-refractivity contribution in [3.8, 4) is 0 Å². The van der Waals surface area contributed by atoms with E-state index in [2.05, 4.69) is 34.7 Å². The van der Waals surface area contributed by atoms with Gasteiger partial charge >= 0.3 is 6.09 Å². The Labute approximate surface area is 163 Å². The molecule has 6 heteroatoms. The van der Waals surface area contributed by atoms with Gasteiger partial charge in [0, 0.05) is 26.2 Å². The number of hydrogen-bond donors (Lipinski definition) is 2. The molecule has 1 amide bonds. The Morgan fingerprint density at radius 1 is 1.30 bits per heavy atom. The van der Waals surface area contributed by atoms with E-state index in [1.54, 1.807) is 7.05 Å². The van der Waals surface area contributed by atoms with Crippen molar-refractivity contribution >= 4 is 17.7 Å². The summed E-state index contributed by atoms with van der Waals surface area (Å²) >= 11 is 0. The van der Waals surface area contributed by atoms with Gasteiger partial charge in [-0.2, -0.15) is 0 Å². The van der Waals surface area contributed by atoms with Crippen LogP contribution in [0.25, 0.3) is 0 Å². The highest BCUT2D eigenvalue weighted by molar-refractivity contribution is 5.90. The summed E-state index contributed by atoms with van der Waals surface area (Å²) < 4.78 is 5.62. The van der Waals surface area contributed by atoms with Crippen LogP contribution in [-0.2, 0) is 11.3 Å². The van der Waals surface area contributed by atoms with Gasteiger partial charge in [0.15, 0.2) is 5.96 Å². The molecule has 0 saturated heterocycles. The fourth-order valence-electron chi connectivity index (χ4n) is 2.84. The molecule has 0 unspecified atom stereocenters. The second-order valence-electron chi connectivity index (χ2n) is 8.05. The number of aryl methyl sites for hydroxylation is 1. The van der Waals surface area contributed by atoms with Crippen LogP contribution in [0.1, 0.15) is 58.1 Å². The van der Waals surface area contributed by atoms with E-state index >= 15 is 0 Å². The quantitative estimate of drug-likeness (QED) is 0.584. The lowest BCUT2D eigenvalue weighted by atomic mass is 10.1. The molecule has 0 atom stereocenters. The number of aliphatic imine (C=N–C) groups is 1. The summed E-state index contributed by atoms with van der Waals surface area (Å²) in [5, 5.41) is 6.58. The average molecular weight is 375 g/mol. The third-order valence-corrected chi connectivity index (χ3v) is 4.25. The van der Waals surface area contributed by atoms with Crippen molar-refractivity contribution in [3.05, 3.63) is 29.3 Å². The van der Waals surface area contributed by atoms with Gasteiger partial charge in [-0.1, -0.05) is 19.1 Å². The first-order chi connectivity index (χ1) is 12.7. The highest BCUT2D eigenvalue weighted by atomic mass is 16.6. The third-order valence-electron chi connectivity index (χ3n) is 4.25. The third kappa shape index (κ3) is 6.45. The van der Waals surface area contributed by atoms with Gasteiger partial charge in [-0.15, -0.1) is 0 Å². The molecule has 150 valence electrons. The molecular formula is C21H34N4O2. The van der Waals surface area contributed by atoms with Crippen LogP contribution in [-0.4, -0.2) is 37.3 Å². The van der Waals surface area contributed by atoms with Crippen molar-refractivity contribution < 1.29 is 9.53 Å². The lowest BCUT2D eigenvalue weighted by Crippen LogP contribution is -2.39. The number of amides is 1. The van der Waals surface area contributed by atoms with E-state index in [0.717, 1.165) is 48.6 Å². The molecule has 0 aliphatic heterocycles. The van der Waals surface area contributed by atoms with Crippen molar-refractivity contribution in [2.45, 2.75) is 72.1 Å². The first-order valence-corrected chi connectivity index (χ1v) is 9.81. The fraction of sp³-hybridized carbons (Fsp3) is 0.619. The van der Waals surface area contributed by atoms with Gasteiger partial charge in [0.25, 0.3) is 0 Å². The number of nitrogens with one attached hydrogen (secondary N) is 2. The summed E-state index contributed by atoms with van der Waals surface area (Å²) in [6, 6.07) is 6.45. The average Bonchev–Trinajstić information content (AvgIpc) is 3.40. The Kier molecular flexibility index (Phi) is 7.11. The molecule has 1 aromatic rings. The summed E-state index contributed by atoms with van der Waals surface area (Å²) in [5.74, 6) is 0.798. The number of rotatable bonds is 6. The monoisotopic (exact) mass is 374 g/mol. The first-order valence-electron chi connectivity index (χ1n) is 9.81. The van der Waals surface area contributed by atoms with Gasteiger partial charge in [0.05, 0.1) is 5.69 Å². The molecule has 1 aromatic carbocycles. The van der Waals surface area contributed by atoms with Crippen molar-refractivity contribution in [2.24, 2.45) is 4.99 Å². The zero-order valence-corrected chi connectivity index (χ0v) is 17.6. The van der Waals surface area contributed by atoms with Crippen LogP contribution in [0.4, 0.5) is 10.5 Å². The lowest BCUT2D eigenvalue weighted by molar-refractivity contribution is 0.0577. The Bertz CT molecular complexity index is 675. The molecule has 27 heavy (non-hydrogen) atoms. The minimum absolute atomic E-state index is 0.250. The normalized spacial score (nSPS) is 14.7. The van der Waals surface area contributed by atoms with Crippen LogP contribution in [0, 0.1) is 6.92 Å². The maximum Gasteiger partial charge on any atom is 0.415 e. The number of carbonyl (C=O) groups excluding carboxylic acids is 1. The van der Waals surface area contributed by atoms with Gasteiger partial charge < -0.3 is 15.4 Å². The molecule has 2 rings (SSSR count). The molecular weight excluding hydrogens is 340 g/mol. The number of guanidine groups is 1. The lowest BCUT2D eigenvalue weighted by Gasteiger charge is -2.28. The number of benzene rings is 1. The minimum Gasteiger partial charge on any atom is -0.443 e. The van der Waals surface area contributed by atoms with Gasteiger partial charge in [0.1, 0.15) is 5.60 Å². The Balaban J connectivity index is 2.09. The molecule has 0 spiro atoms. The predicted octanol–water partition coefficient (Wildman–Crippen LogP) is 3.97. The highest BCUT2D eigenvalue weighted by Crippen LogP contribution is 2.35. The smallest absolute Gasteiger partial charge is 0.415 e. The van der Waals surface area contributed by atoms with E-state index in [-0.39, 0.29) is 12.1 Å². The van der Waals surface area contributed by atoms with Crippen LogP contribution in [0.15, 0.2) is 23.2 Å². The predicted molar refractivity (Wildman–Crippen MR) is 111 cm³/mol. The van der Waals surface area contributed by atoms with Gasteiger partial charge in [-0.3, -0.25) is 9.89 Å². The Hall–Kier alpha value is -2.24. The molecule has 1 aliphatic rings. The fourth-order valence-corrected chi connectivity index (χ4v) is 2.84. The highest BCUT2D eigenvalue weighted by Gasteiger charge is 2.37. The van der Waals surface area contributed by atoms with Gasteiger partial charge in [-0.25, -0.2) is 4.79 Å². The van der Waals surface area contributed by atoms with Crippen molar-refractivity contribution in [2.75, 3.05) is 18.5 Å². The van der Waals surface area contributed by atoms with Crippen LogP contribution in [0.5, 0.6) is 0 Å². The first kappa shape index (κ1) is 21.1. The van der Waals surface area contributed by atoms with Crippen LogP contribution in [0.3, 0.4) is 0 Å². The summed E-state index contributed by atoms with van der Waals surface area (Å²) in [5.41, 5.74) is 2.66. The number of ether oxygens (including phenoxy) is 1. The largest absolute Gasteiger partial charge is 0.443 e. The number of anilines is 1. The standard InChI is InChI=1S/C21H34N4O2/c1-7-12-23-19(22-6)24-14-16-8-11-18(15(2)13-16)25(17-9-10-17)20(26)27-21(3,4)5/h8,11,13,17H,7,9-10,12,14H2,1-6H3,(H2,22,23,24). The topological polar surface area (TPSA) is 66.0 Å². The maximum atomic E-state index is 12.7. The molecule has 0 radical (unpaired) electrons. The van der Waals surface area contributed by atoms with E-state index in [0.29, 0.717) is 6.54 Å². The molecule has 2 N–H and O–H groups in total. The molecule has 0 aromatic heterocycles. The van der Waals surface area contributed by atoms with Crippen LogP contribution < -0.4 is 15.5 Å². The molecule has 0 bridgehead atoms. The van der Waals surface area contributed by atoms with E-state index in [9.17, 15) is 4.79 Å². The molecule has 0 heterocycles. The second-order valence-corrected chi connectivity index (χ2v) is 8.05. The zero-order chi connectivity index (χ0) is 20.0. The summed E-state index contributed by atoms with van der Waals surface area (Å²) in [7, 11) is 1.77.